The number of pyridine rings is 1. The predicted octanol–water partition coefficient (Wildman–Crippen LogP) is -0.232. The first kappa shape index (κ1) is 13.0. The number of anilines is 1. The Balaban J connectivity index is 1.97. The summed E-state index contributed by atoms with van der Waals surface area (Å²) in [6, 6.07) is 1.53. The molecule has 3 heterocycles. The number of nitrogens with one attached hydrogen (secondary N) is 1. The largest absolute Gasteiger partial charge is 0.333 e. The van der Waals surface area contributed by atoms with Crippen LogP contribution in [0.4, 0.5) is 5.69 Å². The van der Waals surface area contributed by atoms with Gasteiger partial charge in [0.2, 0.25) is 10.0 Å². The maximum Gasteiger partial charge on any atom is 0.247 e. The second kappa shape index (κ2) is 4.85. The molecule has 20 heavy (non-hydrogen) atoms. The summed E-state index contributed by atoms with van der Waals surface area (Å²) in [5, 5.41) is 0. The Morgan fingerprint density at radius 1 is 1.30 bits per heavy atom. The summed E-state index contributed by atoms with van der Waals surface area (Å²) in [7, 11) is -3.65. The molecule has 0 aliphatic carbocycles. The summed E-state index contributed by atoms with van der Waals surface area (Å²) in [4.78, 5) is 8.10. The van der Waals surface area contributed by atoms with E-state index in [4.69, 9.17) is 5.84 Å². The topological polar surface area (TPSA) is 106 Å². The Kier molecular flexibility index (Phi) is 3.16. The van der Waals surface area contributed by atoms with E-state index in [0.29, 0.717) is 18.8 Å². The van der Waals surface area contributed by atoms with Crippen LogP contribution in [0.3, 0.4) is 0 Å². The number of imidazole rings is 1. The van der Waals surface area contributed by atoms with Crippen LogP contribution in [0.25, 0.3) is 0 Å². The van der Waals surface area contributed by atoms with Crippen molar-refractivity contribution in [3.8, 4) is 0 Å². The van der Waals surface area contributed by atoms with Crippen LogP contribution in [-0.2, 0) is 23.1 Å². The standard InChI is InChI=1S/C11H14N6O2S/c12-15-9-1-2-13-7-10(9)20(18,19)17-6-5-16-4-3-14-11(16)8-17/h1-4,7H,5-6,8,12H2,(H,13,15). The molecule has 0 radical (unpaired) electrons. The maximum absolute atomic E-state index is 12.7. The van der Waals surface area contributed by atoms with Gasteiger partial charge in [-0.05, 0) is 6.07 Å². The smallest absolute Gasteiger partial charge is 0.247 e. The zero-order chi connectivity index (χ0) is 14.2. The van der Waals surface area contributed by atoms with Crippen LogP contribution in [0.1, 0.15) is 5.82 Å². The minimum atomic E-state index is -3.65. The number of nitrogen functional groups attached to an aromatic ring is 1. The second-order valence-electron chi connectivity index (χ2n) is 4.39. The SMILES string of the molecule is NNc1ccncc1S(=O)(=O)N1CCn2ccnc2C1. The Morgan fingerprint density at radius 3 is 2.95 bits per heavy atom. The fourth-order valence-electron chi connectivity index (χ4n) is 2.20. The monoisotopic (exact) mass is 294 g/mol. The predicted molar refractivity (Wildman–Crippen MR) is 71.9 cm³/mol. The number of rotatable bonds is 3. The van der Waals surface area contributed by atoms with Crippen molar-refractivity contribution in [2.45, 2.75) is 18.0 Å². The van der Waals surface area contributed by atoms with Crippen molar-refractivity contribution in [3.05, 3.63) is 36.7 Å². The van der Waals surface area contributed by atoms with Gasteiger partial charge in [0.1, 0.15) is 10.7 Å². The number of fused-ring (bicyclic) bond motifs is 1. The molecule has 1 aliphatic heterocycles. The van der Waals surface area contributed by atoms with Crippen molar-refractivity contribution in [2.24, 2.45) is 5.84 Å². The number of nitrogens with zero attached hydrogens (tertiary/aromatic N) is 4. The molecule has 0 saturated heterocycles. The summed E-state index contributed by atoms with van der Waals surface area (Å²) >= 11 is 0. The molecule has 9 heteroatoms. The minimum Gasteiger partial charge on any atom is -0.333 e. The first-order valence-corrected chi connectivity index (χ1v) is 7.48. The van der Waals surface area contributed by atoms with Crippen LogP contribution in [-0.4, -0.2) is 33.8 Å². The molecule has 0 fully saturated rings. The van der Waals surface area contributed by atoms with Crippen LogP contribution in [0.5, 0.6) is 0 Å². The molecular weight excluding hydrogens is 280 g/mol. The molecule has 1 aliphatic rings. The summed E-state index contributed by atoms with van der Waals surface area (Å²) < 4.78 is 28.6. The van der Waals surface area contributed by atoms with E-state index in [1.165, 1.54) is 22.8 Å². The summed E-state index contributed by atoms with van der Waals surface area (Å²) in [6.07, 6.45) is 6.29. The van der Waals surface area contributed by atoms with Gasteiger partial charge in [0.15, 0.2) is 0 Å². The van der Waals surface area contributed by atoms with Gasteiger partial charge in [-0.15, -0.1) is 0 Å². The van der Waals surface area contributed by atoms with Crippen molar-refractivity contribution in [1.82, 2.24) is 18.8 Å². The van der Waals surface area contributed by atoms with Gasteiger partial charge in [-0.3, -0.25) is 10.8 Å². The lowest BCUT2D eigenvalue weighted by Crippen LogP contribution is -2.38. The highest BCUT2D eigenvalue weighted by atomic mass is 32.2. The average molecular weight is 294 g/mol. The van der Waals surface area contributed by atoms with Gasteiger partial charge in [-0.2, -0.15) is 4.31 Å². The van der Waals surface area contributed by atoms with Crippen LogP contribution >= 0.6 is 0 Å². The number of aromatic nitrogens is 3. The Hall–Kier alpha value is -1.97. The Bertz CT molecular complexity index is 726. The average Bonchev–Trinajstić information content (AvgIpc) is 2.94. The third kappa shape index (κ3) is 2.05. The van der Waals surface area contributed by atoms with Gasteiger partial charge in [0, 0.05) is 37.9 Å². The van der Waals surface area contributed by atoms with Crippen LogP contribution in [0.2, 0.25) is 0 Å². The number of hydrogen-bond acceptors (Lipinski definition) is 6. The first-order chi connectivity index (χ1) is 9.63. The number of nitrogens with two attached hydrogens (primary N) is 1. The third-order valence-electron chi connectivity index (χ3n) is 3.27. The zero-order valence-corrected chi connectivity index (χ0v) is 11.4. The molecule has 0 amide bonds. The van der Waals surface area contributed by atoms with Crippen LogP contribution in [0.15, 0.2) is 35.7 Å². The van der Waals surface area contributed by atoms with Crippen molar-refractivity contribution in [3.63, 3.8) is 0 Å². The molecule has 0 spiro atoms. The fraction of sp³-hybridized carbons (Fsp3) is 0.273. The van der Waals surface area contributed by atoms with E-state index in [9.17, 15) is 8.42 Å². The molecule has 3 N–H and O–H groups in total. The van der Waals surface area contributed by atoms with Crippen molar-refractivity contribution < 1.29 is 8.42 Å². The molecule has 2 aromatic rings. The van der Waals surface area contributed by atoms with E-state index in [0.717, 1.165) is 5.82 Å². The zero-order valence-electron chi connectivity index (χ0n) is 10.6. The van der Waals surface area contributed by atoms with Gasteiger partial charge in [0.25, 0.3) is 0 Å². The van der Waals surface area contributed by atoms with Crippen molar-refractivity contribution >= 4 is 15.7 Å². The molecule has 8 nitrogen and oxygen atoms in total. The summed E-state index contributed by atoms with van der Waals surface area (Å²) in [6.45, 7) is 1.22. The van der Waals surface area contributed by atoms with Gasteiger partial charge in [-0.1, -0.05) is 0 Å². The van der Waals surface area contributed by atoms with Gasteiger partial charge < -0.3 is 9.99 Å². The lowest BCUT2D eigenvalue weighted by molar-refractivity contribution is 0.335. The van der Waals surface area contributed by atoms with Crippen molar-refractivity contribution in [1.29, 1.82) is 0 Å². The Morgan fingerprint density at radius 2 is 2.15 bits per heavy atom. The van der Waals surface area contributed by atoms with E-state index in [1.54, 1.807) is 6.20 Å². The molecule has 2 aromatic heterocycles. The minimum absolute atomic E-state index is 0.0718. The summed E-state index contributed by atoms with van der Waals surface area (Å²) in [5.41, 5.74) is 2.72. The molecule has 3 rings (SSSR count). The lowest BCUT2D eigenvalue weighted by atomic mass is 10.4. The molecule has 0 atom stereocenters. The molecular formula is C11H14N6O2S. The highest BCUT2D eigenvalue weighted by molar-refractivity contribution is 7.89. The molecule has 0 aromatic carbocycles. The maximum atomic E-state index is 12.7. The highest BCUT2D eigenvalue weighted by Crippen LogP contribution is 2.25. The highest BCUT2D eigenvalue weighted by Gasteiger charge is 2.30. The normalized spacial score (nSPS) is 15.8. The molecule has 0 unspecified atom stereocenters. The molecule has 0 bridgehead atoms. The van der Waals surface area contributed by atoms with E-state index in [2.05, 4.69) is 15.4 Å². The van der Waals surface area contributed by atoms with Crippen LogP contribution < -0.4 is 11.3 Å². The van der Waals surface area contributed by atoms with Crippen LogP contribution in [0, 0.1) is 0 Å². The second-order valence-corrected chi connectivity index (χ2v) is 6.30. The number of hydrogen-bond donors (Lipinski definition) is 2. The van der Waals surface area contributed by atoms with E-state index >= 15 is 0 Å². The van der Waals surface area contributed by atoms with E-state index in [-0.39, 0.29) is 11.4 Å². The van der Waals surface area contributed by atoms with Gasteiger partial charge in [-0.25, -0.2) is 13.4 Å². The molecule has 0 saturated carbocycles. The first-order valence-electron chi connectivity index (χ1n) is 6.03. The van der Waals surface area contributed by atoms with E-state index < -0.39 is 10.0 Å². The fourth-order valence-corrected chi connectivity index (χ4v) is 3.68. The Labute approximate surface area is 116 Å². The lowest BCUT2D eigenvalue weighted by Gasteiger charge is -2.27. The van der Waals surface area contributed by atoms with Crippen molar-refractivity contribution in [2.75, 3.05) is 12.0 Å². The quantitative estimate of drug-likeness (QED) is 0.598. The molecule has 106 valence electrons. The summed E-state index contributed by atoms with van der Waals surface area (Å²) in [5.74, 6) is 6.09. The van der Waals surface area contributed by atoms with Gasteiger partial charge >= 0.3 is 0 Å². The number of sulfonamides is 1. The number of hydrazine groups is 1. The van der Waals surface area contributed by atoms with E-state index in [1.807, 2.05) is 10.8 Å². The third-order valence-corrected chi connectivity index (χ3v) is 5.14. The van der Waals surface area contributed by atoms with Gasteiger partial charge in [0.05, 0.1) is 12.2 Å².